The highest BCUT2D eigenvalue weighted by Gasteiger charge is 2.08. The second kappa shape index (κ2) is 4.88. The first kappa shape index (κ1) is 10.9. The van der Waals surface area contributed by atoms with Gasteiger partial charge in [-0.3, -0.25) is 0 Å². The Morgan fingerprint density at radius 2 is 2.14 bits per heavy atom. The standard InChI is InChI=1S/C9H11F2NO2/c10-9(11)14-7-3-1-2-6(4-7)8(13)5-12/h1-4,8-9,13H,5,12H2/t8-/m0/s1. The molecule has 0 bridgehead atoms. The van der Waals surface area contributed by atoms with Crippen LogP contribution in [0.5, 0.6) is 5.75 Å². The van der Waals surface area contributed by atoms with Gasteiger partial charge in [0, 0.05) is 6.54 Å². The number of rotatable bonds is 4. The van der Waals surface area contributed by atoms with Gasteiger partial charge in [0.25, 0.3) is 0 Å². The molecule has 0 saturated carbocycles. The van der Waals surface area contributed by atoms with Crippen LogP contribution in [-0.4, -0.2) is 18.3 Å². The second-order valence-electron chi connectivity index (χ2n) is 2.70. The van der Waals surface area contributed by atoms with Crippen LogP contribution in [0.25, 0.3) is 0 Å². The molecule has 0 fully saturated rings. The van der Waals surface area contributed by atoms with Crippen LogP contribution < -0.4 is 10.5 Å². The molecule has 0 unspecified atom stereocenters. The van der Waals surface area contributed by atoms with Gasteiger partial charge in [0.1, 0.15) is 5.75 Å². The predicted molar refractivity (Wildman–Crippen MR) is 47.1 cm³/mol. The van der Waals surface area contributed by atoms with Gasteiger partial charge in [-0.05, 0) is 17.7 Å². The zero-order valence-electron chi connectivity index (χ0n) is 7.36. The molecule has 1 rings (SSSR count). The van der Waals surface area contributed by atoms with Gasteiger partial charge in [0.15, 0.2) is 0 Å². The van der Waals surface area contributed by atoms with Crippen LogP contribution >= 0.6 is 0 Å². The van der Waals surface area contributed by atoms with Gasteiger partial charge in [-0.2, -0.15) is 8.78 Å². The molecule has 5 heteroatoms. The number of hydrogen-bond acceptors (Lipinski definition) is 3. The lowest BCUT2D eigenvalue weighted by Gasteiger charge is -2.10. The molecular formula is C9H11F2NO2. The van der Waals surface area contributed by atoms with Gasteiger partial charge in [0.05, 0.1) is 6.10 Å². The zero-order chi connectivity index (χ0) is 10.6. The molecule has 0 aromatic heterocycles. The maximum absolute atomic E-state index is 11.8. The second-order valence-corrected chi connectivity index (χ2v) is 2.70. The number of ether oxygens (including phenoxy) is 1. The van der Waals surface area contributed by atoms with Crippen molar-refractivity contribution in [1.82, 2.24) is 0 Å². The number of hydrogen-bond donors (Lipinski definition) is 2. The number of alkyl halides is 2. The summed E-state index contributed by atoms with van der Waals surface area (Å²) in [5, 5.41) is 9.32. The van der Waals surface area contributed by atoms with Gasteiger partial charge in [-0.25, -0.2) is 0 Å². The smallest absolute Gasteiger partial charge is 0.387 e. The fourth-order valence-electron chi connectivity index (χ4n) is 1.03. The van der Waals surface area contributed by atoms with Crippen molar-refractivity contribution in [3.63, 3.8) is 0 Å². The van der Waals surface area contributed by atoms with Crippen molar-refractivity contribution in [2.75, 3.05) is 6.54 Å². The Bertz CT molecular complexity index is 294. The van der Waals surface area contributed by atoms with E-state index in [0.29, 0.717) is 5.56 Å². The molecule has 0 spiro atoms. The van der Waals surface area contributed by atoms with E-state index in [-0.39, 0.29) is 12.3 Å². The summed E-state index contributed by atoms with van der Waals surface area (Å²) in [6.45, 7) is -2.82. The van der Waals surface area contributed by atoms with E-state index in [1.165, 1.54) is 18.2 Å². The van der Waals surface area contributed by atoms with Crippen LogP contribution in [0.15, 0.2) is 24.3 Å². The van der Waals surface area contributed by atoms with Gasteiger partial charge in [-0.1, -0.05) is 12.1 Å². The van der Waals surface area contributed by atoms with Crippen LogP contribution in [0.1, 0.15) is 11.7 Å². The van der Waals surface area contributed by atoms with Crippen molar-refractivity contribution in [3.8, 4) is 5.75 Å². The molecule has 0 aliphatic rings. The molecular weight excluding hydrogens is 192 g/mol. The van der Waals surface area contributed by atoms with Crippen molar-refractivity contribution in [3.05, 3.63) is 29.8 Å². The van der Waals surface area contributed by atoms with Crippen molar-refractivity contribution in [2.24, 2.45) is 5.73 Å². The Morgan fingerprint density at radius 3 is 2.71 bits per heavy atom. The van der Waals surface area contributed by atoms with Crippen LogP contribution in [0.4, 0.5) is 8.78 Å². The maximum atomic E-state index is 11.8. The molecule has 0 amide bonds. The van der Waals surface area contributed by atoms with E-state index in [2.05, 4.69) is 4.74 Å². The van der Waals surface area contributed by atoms with Gasteiger partial charge in [-0.15, -0.1) is 0 Å². The molecule has 0 aliphatic carbocycles. The highest BCUT2D eigenvalue weighted by molar-refractivity contribution is 5.29. The fraction of sp³-hybridized carbons (Fsp3) is 0.333. The van der Waals surface area contributed by atoms with E-state index < -0.39 is 12.7 Å². The van der Waals surface area contributed by atoms with Crippen LogP contribution in [-0.2, 0) is 0 Å². The zero-order valence-corrected chi connectivity index (χ0v) is 7.36. The van der Waals surface area contributed by atoms with E-state index in [1.54, 1.807) is 6.07 Å². The topological polar surface area (TPSA) is 55.5 Å². The quantitative estimate of drug-likeness (QED) is 0.775. The third-order valence-corrected chi connectivity index (χ3v) is 1.69. The van der Waals surface area contributed by atoms with E-state index in [0.717, 1.165) is 0 Å². The number of benzene rings is 1. The Kier molecular flexibility index (Phi) is 3.79. The average Bonchev–Trinajstić information content (AvgIpc) is 2.16. The van der Waals surface area contributed by atoms with Gasteiger partial charge >= 0.3 is 6.61 Å². The third-order valence-electron chi connectivity index (χ3n) is 1.69. The molecule has 1 aromatic carbocycles. The lowest BCUT2D eigenvalue weighted by molar-refractivity contribution is -0.0499. The first-order valence-electron chi connectivity index (χ1n) is 4.06. The maximum Gasteiger partial charge on any atom is 0.387 e. The molecule has 78 valence electrons. The monoisotopic (exact) mass is 203 g/mol. The summed E-state index contributed by atoms with van der Waals surface area (Å²) in [7, 11) is 0. The largest absolute Gasteiger partial charge is 0.435 e. The normalized spacial score (nSPS) is 12.9. The van der Waals surface area contributed by atoms with E-state index in [4.69, 9.17) is 5.73 Å². The van der Waals surface area contributed by atoms with Crippen molar-refractivity contribution < 1.29 is 18.6 Å². The average molecular weight is 203 g/mol. The number of aliphatic hydroxyl groups excluding tert-OH is 1. The highest BCUT2D eigenvalue weighted by Crippen LogP contribution is 2.19. The Hall–Kier alpha value is -1.20. The molecule has 0 saturated heterocycles. The summed E-state index contributed by atoms with van der Waals surface area (Å²) in [5.74, 6) is 0.0185. The summed E-state index contributed by atoms with van der Waals surface area (Å²) in [5.41, 5.74) is 5.68. The molecule has 0 heterocycles. The Balaban J connectivity index is 2.78. The SMILES string of the molecule is NC[C@H](O)c1cccc(OC(F)F)c1. The molecule has 0 aliphatic heterocycles. The molecule has 1 aromatic rings. The van der Waals surface area contributed by atoms with E-state index in [1.807, 2.05) is 0 Å². The van der Waals surface area contributed by atoms with Crippen molar-refractivity contribution >= 4 is 0 Å². The first-order valence-corrected chi connectivity index (χ1v) is 4.06. The molecule has 0 radical (unpaired) electrons. The van der Waals surface area contributed by atoms with E-state index >= 15 is 0 Å². The van der Waals surface area contributed by atoms with Crippen LogP contribution in [0, 0.1) is 0 Å². The lowest BCUT2D eigenvalue weighted by atomic mass is 10.1. The van der Waals surface area contributed by atoms with Gasteiger partial charge in [0.2, 0.25) is 0 Å². The lowest BCUT2D eigenvalue weighted by Crippen LogP contribution is -2.11. The van der Waals surface area contributed by atoms with Crippen molar-refractivity contribution in [2.45, 2.75) is 12.7 Å². The van der Waals surface area contributed by atoms with Crippen molar-refractivity contribution in [1.29, 1.82) is 0 Å². The summed E-state index contributed by atoms with van der Waals surface area (Å²) in [6.07, 6.45) is -0.851. The molecule has 3 nitrogen and oxygen atoms in total. The minimum absolute atomic E-state index is 0.0185. The van der Waals surface area contributed by atoms with Crippen LogP contribution in [0.3, 0.4) is 0 Å². The van der Waals surface area contributed by atoms with Gasteiger partial charge < -0.3 is 15.6 Å². The summed E-state index contributed by atoms with van der Waals surface area (Å²) in [6, 6.07) is 5.84. The van der Waals surface area contributed by atoms with Crippen LogP contribution in [0.2, 0.25) is 0 Å². The fourth-order valence-corrected chi connectivity index (χ4v) is 1.03. The Labute approximate surface area is 80.1 Å². The Morgan fingerprint density at radius 1 is 1.43 bits per heavy atom. The highest BCUT2D eigenvalue weighted by atomic mass is 19.3. The minimum Gasteiger partial charge on any atom is -0.435 e. The summed E-state index contributed by atoms with van der Waals surface area (Å²) >= 11 is 0. The summed E-state index contributed by atoms with van der Waals surface area (Å²) < 4.78 is 27.8. The summed E-state index contributed by atoms with van der Waals surface area (Å²) in [4.78, 5) is 0. The number of halogens is 2. The molecule has 3 N–H and O–H groups in total. The molecule has 14 heavy (non-hydrogen) atoms. The third kappa shape index (κ3) is 2.93. The first-order chi connectivity index (χ1) is 6.63. The predicted octanol–water partition coefficient (Wildman–Crippen LogP) is 1.28. The minimum atomic E-state index is -2.86. The number of aliphatic hydroxyl groups is 1. The molecule has 1 atom stereocenters. The number of nitrogens with two attached hydrogens (primary N) is 1. The van der Waals surface area contributed by atoms with E-state index in [9.17, 15) is 13.9 Å².